The van der Waals surface area contributed by atoms with Gasteiger partial charge in [0.05, 0.1) is 22.5 Å². The Hall–Kier alpha value is -3.44. The molecule has 0 atom stereocenters. The van der Waals surface area contributed by atoms with Gasteiger partial charge in [0, 0.05) is 10.6 Å². The van der Waals surface area contributed by atoms with Crippen LogP contribution >= 0.6 is 11.6 Å². The number of benzene rings is 3. The van der Waals surface area contributed by atoms with Gasteiger partial charge in [-0.15, -0.1) is 0 Å². The molecule has 1 N–H and O–H groups in total. The van der Waals surface area contributed by atoms with Gasteiger partial charge in [0.2, 0.25) is 0 Å². The molecule has 0 spiro atoms. The molecule has 0 aliphatic carbocycles. The minimum Gasteiger partial charge on any atom is -0.321 e. The van der Waals surface area contributed by atoms with Gasteiger partial charge in [-0.2, -0.15) is 0 Å². The van der Waals surface area contributed by atoms with Crippen molar-refractivity contribution in [3.05, 3.63) is 94.5 Å². The quantitative estimate of drug-likeness (QED) is 0.689. The average molecular weight is 377 g/mol. The number of carbonyl (C=O) groups excluding carboxylic acids is 3. The predicted molar refractivity (Wildman–Crippen MR) is 103 cm³/mol. The van der Waals surface area contributed by atoms with Gasteiger partial charge in [-0.3, -0.25) is 14.4 Å². The molecule has 1 heterocycles. The zero-order valence-corrected chi connectivity index (χ0v) is 14.7. The summed E-state index contributed by atoms with van der Waals surface area (Å²) in [5.41, 5.74) is 1.57. The van der Waals surface area contributed by atoms with E-state index in [1.165, 1.54) is 6.07 Å². The number of nitrogens with one attached hydrogen (secondary N) is 1. The van der Waals surface area contributed by atoms with Crippen molar-refractivity contribution in [2.24, 2.45) is 0 Å². The third-order valence-electron chi connectivity index (χ3n) is 4.26. The maximum atomic E-state index is 12.9. The standard InChI is InChI=1S/C21H13ClN2O3/c22-14-7-4-6-13(12-14)19(25)23-17-11-5-10-16-18(17)21(27)24(20(16)26)15-8-2-1-3-9-15/h1-12H,(H,23,25). The van der Waals surface area contributed by atoms with Crippen LogP contribution in [-0.4, -0.2) is 17.7 Å². The van der Waals surface area contributed by atoms with Crippen molar-refractivity contribution in [3.63, 3.8) is 0 Å². The Bertz CT molecular complexity index is 1080. The molecule has 4 rings (SSSR count). The monoisotopic (exact) mass is 376 g/mol. The number of para-hydroxylation sites is 1. The second-order valence-electron chi connectivity index (χ2n) is 5.97. The Morgan fingerprint density at radius 1 is 0.852 bits per heavy atom. The van der Waals surface area contributed by atoms with Gasteiger partial charge in [-0.05, 0) is 42.5 Å². The summed E-state index contributed by atoms with van der Waals surface area (Å²) < 4.78 is 0. The maximum Gasteiger partial charge on any atom is 0.268 e. The van der Waals surface area contributed by atoms with E-state index >= 15 is 0 Å². The van der Waals surface area contributed by atoms with Gasteiger partial charge in [0.1, 0.15) is 0 Å². The van der Waals surface area contributed by atoms with Gasteiger partial charge in [0.15, 0.2) is 0 Å². The molecule has 6 heteroatoms. The number of rotatable bonds is 3. The van der Waals surface area contributed by atoms with Gasteiger partial charge in [0.25, 0.3) is 17.7 Å². The molecule has 132 valence electrons. The summed E-state index contributed by atoms with van der Waals surface area (Å²) in [5.74, 6) is -1.30. The van der Waals surface area contributed by atoms with Crippen LogP contribution in [0.15, 0.2) is 72.8 Å². The van der Waals surface area contributed by atoms with Crippen LogP contribution in [0.5, 0.6) is 0 Å². The Kier molecular flexibility index (Phi) is 4.22. The third kappa shape index (κ3) is 2.98. The Labute approximate surface area is 160 Å². The summed E-state index contributed by atoms with van der Waals surface area (Å²) in [5, 5.41) is 3.14. The number of halogens is 1. The first kappa shape index (κ1) is 17.0. The van der Waals surface area contributed by atoms with Crippen molar-refractivity contribution in [2.45, 2.75) is 0 Å². The van der Waals surface area contributed by atoms with Crippen LogP contribution in [0.25, 0.3) is 0 Å². The van der Waals surface area contributed by atoms with Gasteiger partial charge < -0.3 is 5.32 Å². The van der Waals surface area contributed by atoms with Crippen molar-refractivity contribution in [1.29, 1.82) is 0 Å². The molecule has 1 aliphatic rings. The van der Waals surface area contributed by atoms with Crippen LogP contribution in [0.3, 0.4) is 0 Å². The summed E-state index contributed by atoms with van der Waals surface area (Å²) in [6, 6.07) is 20.0. The number of imide groups is 1. The molecule has 0 aromatic heterocycles. The van der Waals surface area contributed by atoms with Crippen LogP contribution in [0.1, 0.15) is 31.1 Å². The predicted octanol–water partition coefficient (Wildman–Crippen LogP) is 4.39. The summed E-state index contributed by atoms with van der Waals surface area (Å²) in [7, 11) is 0. The number of amides is 3. The summed E-state index contributed by atoms with van der Waals surface area (Å²) >= 11 is 5.93. The smallest absolute Gasteiger partial charge is 0.268 e. The van der Waals surface area contributed by atoms with E-state index in [4.69, 9.17) is 11.6 Å². The fraction of sp³-hybridized carbons (Fsp3) is 0. The molecule has 5 nitrogen and oxygen atoms in total. The minimum absolute atomic E-state index is 0.182. The summed E-state index contributed by atoms with van der Waals surface area (Å²) in [6.07, 6.45) is 0. The van der Waals surface area contributed by atoms with E-state index in [0.29, 0.717) is 16.3 Å². The Morgan fingerprint density at radius 2 is 1.59 bits per heavy atom. The van der Waals surface area contributed by atoms with E-state index in [1.807, 2.05) is 0 Å². The van der Waals surface area contributed by atoms with E-state index in [1.54, 1.807) is 66.7 Å². The molecule has 27 heavy (non-hydrogen) atoms. The normalized spacial score (nSPS) is 12.9. The van der Waals surface area contributed by atoms with Crippen molar-refractivity contribution in [2.75, 3.05) is 10.2 Å². The van der Waals surface area contributed by atoms with Gasteiger partial charge in [-0.1, -0.05) is 41.9 Å². The molecule has 3 aromatic rings. The second-order valence-corrected chi connectivity index (χ2v) is 6.41. The molecule has 0 bridgehead atoms. The first-order chi connectivity index (χ1) is 13.1. The molecule has 0 radical (unpaired) electrons. The number of fused-ring (bicyclic) bond motifs is 1. The zero-order valence-electron chi connectivity index (χ0n) is 14.0. The van der Waals surface area contributed by atoms with Crippen LogP contribution in [0.2, 0.25) is 5.02 Å². The molecule has 0 fully saturated rings. The topological polar surface area (TPSA) is 66.5 Å². The fourth-order valence-corrected chi connectivity index (χ4v) is 3.22. The summed E-state index contributed by atoms with van der Waals surface area (Å²) in [4.78, 5) is 39.3. The average Bonchev–Trinajstić information content (AvgIpc) is 2.94. The number of hydrogen-bond acceptors (Lipinski definition) is 3. The van der Waals surface area contributed by atoms with Crippen molar-refractivity contribution in [3.8, 4) is 0 Å². The SMILES string of the molecule is O=C(Nc1cccc2c1C(=O)N(c1ccccc1)C2=O)c1cccc(Cl)c1. The second kappa shape index (κ2) is 6.70. The first-order valence-corrected chi connectivity index (χ1v) is 8.58. The van der Waals surface area contributed by atoms with Crippen LogP contribution in [-0.2, 0) is 0 Å². The molecule has 0 unspecified atom stereocenters. The number of nitrogens with zero attached hydrogens (tertiary/aromatic N) is 1. The fourth-order valence-electron chi connectivity index (χ4n) is 3.03. The highest BCUT2D eigenvalue weighted by atomic mass is 35.5. The number of hydrogen-bond donors (Lipinski definition) is 1. The highest BCUT2D eigenvalue weighted by Crippen LogP contribution is 2.33. The number of anilines is 2. The number of carbonyl (C=O) groups is 3. The molecule has 3 amide bonds. The van der Waals surface area contributed by atoms with Crippen molar-refractivity contribution in [1.82, 2.24) is 0 Å². The van der Waals surface area contributed by atoms with E-state index in [-0.39, 0.29) is 16.8 Å². The lowest BCUT2D eigenvalue weighted by molar-refractivity contribution is 0.0926. The molecule has 3 aromatic carbocycles. The van der Waals surface area contributed by atoms with Crippen LogP contribution < -0.4 is 10.2 Å². The van der Waals surface area contributed by atoms with E-state index in [9.17, 15) is 14.4 Å². The Balaban J connectivity index is 1.71. The van der Waals surface area contributed by atoms with Crippen molar-refractivity contribution < 1.29 is 14.4 Å². The zero-order chi connectivity index (χ0) is 19.0. The third-order valence-corrected chi connectivity index (χ3v) is 4.50. The van der Waals surface area contributed by atoms with Crippen molar-refractivity contribution >= 4 is 40.7 Å². The first-order valence-electron chi connectivity index (χ1n) is 8.20. The molecule has 1 aliphatic heterocycles. The molecule has 0 saturated heterocycles. The largest absolute Gasteiger partial charge is 0.321 e. The van der Waals surface area contributed by atoms with E-state index in [0.717, 1.165) is 4.90 Å². The highest BCUT2D eigenvalue weighted by molar-refractivity contribution is 6.36. The molecular formula is C21H13ClN2O3. The van der Waals surface area contributed by atoms with E-state index < -0.39 is 17.7 Å². The van der Waals surface area contributed by atoms with E-state index in [2.05, 4.69) is 5.32 Å². The molecular weight excluding hydrogens is 364 g/mol. The minimum atomic E-state index is -0.469. The molecule has 0 saturated carbocycles. The summed E-state index contributed by atoms with van der Waals surface area (Å²) in [6.45, 7) is 0. The van der Waals surface area contributed by atoms with Gasteiger partial charge >= 0.3 is 0 Å². The lowest BCUT2D eigenvalue weighted by Crippen LogP contribution is -2.29. The van der Waals surface area contributed by atoms with Crippen LogP contribution in [0.4, 0.5) is 11.4 Å². The highest BCUT2D eigenvalue weighted by Gasteiger charge is 2.38. The van der Waals surface area contributed by atoms with Gasteiger partial charge in [-0.25, -0.2) is 4.90 Å². The maximum absolute atomic E-state index is 12.9. The lowest BCUT2D eigenvalue weighted by Gasteiger charge is -2.13. The lowest BCUT2D eigenvalue weighted by atomic mass is 10.1. The Morgan fingerprint density at radius 3 is 2.33 bits per heavy atom. The van der Waals surface area contributed by atoms with Crippen LogP contribution in [0, 0.1) is 0 Å².